The van der Waals surface area contributed by atoms with Crippen LogP contribution in [0.4, 0.5) is 0 Å². The molecule has 0 saturated heterocycles. The zero-order chi connectivity index (χ0) is 21.6. The molecule has 1 aliphatic rings. The van der Waals surface area contributed by atoms with Crippen molar-refractivity contribution in [3.63, 3.8) is 0 Å². The van der Waals surface area contributed by atoms with Gasteiger partial charge >= 0.3 is 5.97 Å². The highest BCUT2D eigenvalue weighted by Crippen LogP contribution is 2.30. The predicted octanol–water partition coefficient (Wildman–Crippen LogP) is 3.43. The average Bonchev–Trinajstić information content (AvgIpc) is 2.93. The van der Waals surface area contributed by atoms with Crippen molar-refractivity contribution in [3.05, 3.63) is 22.5 Å². The Morgan fingerprint density at radius 3 is 2.41 bits per heavy atom. The van der Waals surface area contributed by atoms with E-state index in [1.807, 2.05) is 6.92 Å². The number of nitrogens with one attached hydrogen (secondary N) is 1. The molecule has 1 aliphatic carbocycles. The molecule has 1 heterocycles. The molecule has 1 amide bonds. The molecular weight excluding hydrogens is 372 g/mol. The first kappa shape index (κ1) is 23.1. The Bertz CT molecular complexity index is 736. The summed E-state index contributed by atoms with van der Waals surface area (Å²) in [6.45, 7) is 10.9. The fourth-order valence-corrected chi connectivity index (χ4v) is 3.74. The molecule has 1 aromatic rings. The van der Waals surface area contributed by atoms with E-state index in [0.29, 0.717) is 48.7 Å². The van der Waals surface area contributed by atoms with Gasteiger partial charge in [-0.05, 0) is 59.4 Å². The Morgan fingerprint density at radius 1 is 1.17 bits per heavy atom. The van der Waals surface area contributed by atoms with Crippen LogP contribution in [0.3, 0.4) is 0 Å². The number of carbonyl (C=O) groups is 3. The lowest BCUT2D eigenvalue weighted by Gasteiger charge is -2.35. The number of aromatic amines is 1. The van der Waals surface area contributed by atoms with Crippen molar-refractivity contribution in [2.24, 2.45) is 5.92 Å². The minimum absolute atomic E-state index is 0.0147. The largest absolute Gasteiger partial charge is 0.461 e. The lowest BCUT2D eigenvalue weighted by Crippen LogP contribution is -2.48. The summed E-state index contributed by atoms with van der Waals surface area (Å²) < 4.78 is 10.5. The van der Waals surface area contributed by atoms with Crippen LogP contribution >= 0.6 is 0 Å². The number of esters is 1. The van der Waals surface area contributed by atoms with Crippen LogP contribution in [0.5, 0.6) is 0 Å². The molecule has 1 fully saturated rings. The molecule has 0 radical (unpaired) electrons. The van der Waals surface area contributed by atoms with Gasteiger partial charge in [-0.3, -0.25) is 9.59 Å². The van der Waals surface area contributed by atoms with E-state index in [4.69, 9.17) is 9.47 Å². The van der Waals surface area contributed by atoms with Crippen LogP contribution < -0.4 is 0 Å². The van der Waals surface area contributed by atoms with E-state index in [0.717, 1.165) is 19.3 Å². The molecule has 29 heavy (non-hydrogen) atoms. The normalized spacial score (nSPS) is 14.9. The van der Waals surface area contributed by atoms with Gasteiger partial charge in [-0.1, -0.05) is 6.42 Å². The number of carbonyl (C=O) groups excluding carboxylic acids is 3. The Balaban J connectivity index is 2.23. The lowest BCUT2D eigenvalue weighted by molar-refractivity contribution is -0.139. The van der Waals surface area contributed by atoms with Crippen molar-refractivity contribution in [2.45, 2.75) is 66.3 Å². The summed E-state index contributed by atoms with van der Waals surface area (Å²) in [5.41, 5.74) is 1.96. The van der Waals surface area contributed by atoms with E-state index in [2.05, 4.69) is 4.98 Å². The van der Waals surface area contributed by atoms with Crippen molar-refractivity contribution in [2.75, 3.05) is 26.4 Å². The van der Waals surface area contributed by atoms with Gasteiger partial charge in [-0.2, -0.15) is 0 Å². The highest BCUT2D eigenvalue weighted by atomic mass is 16.5. The number of nitrogens with zero attached hydrogens (tertiary/aromatic N) is 1. The summed E-state index contributed by atoms with van der Waals surface area (Å²) in [6, 6.07) is -0.604. The first-order chi connectivity index (χ1) is 13.8. The van der Waals surface area contributed by atoms with Gasteiger partial charge in [0.2, 0.25) is 5.91 Å². The van der Waals surface area contributed by atoms with E-state index in [1.165, 1.54) is 0 Å². The molecule has 2 rings (SSSR count). The SMILES string of the molecule is CCOCCCN(C(=O)C1CCC1)[C@@H](C)C(=O)c1c(C)[nH]c(C(=O)OCC)c1C. The van der Waals surface area contributed by atoms with Crippen LogP contribution in [0.25, 0.3) is 0 Å². The molecule has 0 unspecified atom stereocenters. The number of hydrogen-bond donors (Lipinski definition) is 1. The molecule has 1 saturated carbocycles. The fraction of sp³-hybridized carbons (Fsp3) is 0.682. The van der Waals surface area contributed by atoms with Gasteiger partial charge in [0, 0.05) is 36.9 Å². The topological polar surface area (TPSA) is 88.7 Å². The van der Waals surface area contributed by atoms with Crippen molar-refractivity contribution in [1.82, 2.24) is 9.88 Å². The third kappa shape index (κ3) is 5.26. The molecule has 1 atom stereocenters. The van der Waals surface area contributed by atoms with Crippen molar-refractivity contribution in [1.29, 1.82) is 0 Å². The predicted molar refractivity (Wildman–Crippen MR) is 110 cm³/mol. The van der Waals surface area contributed by atoms with Crippen LogP contribution in [0, 0.1) is 19.8 Å². The second-order valence-electron chi connectivity index (χ2n) is 7.60. The highest BCUT2D eigenvalue weighted by Gasteiger charge is 2.35. The van der Waals surface area contributed by atoms with Crippen LogP contribution in [-0.4, -0.2) is 60.0 Å². The minimum Gasteiger partial charge on any atom is -0.461 e. The van der Waals surface area contributed by atoms with Crippen LogP contribution in [0.15, 0.2) is 0 Å². The van der Waals surface area contributed by atoms with Gasteiger partial charge in [0.25, 0.3) is 0 Å². The summed E-state index contributed by atoms with van der Waals surface area (Å²) >= 11 is 0. The standard InChI is InChI=1S/C22H34N2O5/c1-6-28-13-9-12-24(21(26)17-10-8-11-17)16(5)20(25)18-14(3)19(23-15(18)4)22(27)29-7-2/h16-17,23H,6-13H2,1-5H3/t16-/m0/s1. The molecular formula is C22H34N2O5. The zero-order valence-corrected chi connectivity index (χ0v) is 18.3. The van der Waals surface area contributed by atoms with E-state index >= 15 is 0 Å². The molecule has 162 valence electrons. The second-order valence-corrected chi connectivity index (χ2v) is 7.60. The summed E-state index contributed by atoms with van der Waals surface area (Å²) in [5.74, 6) is -0.569. The number of Topliss-reactive ketones (excluding diaryl/α,β-unsaturated/α-hetero) is 1. The smallest absolute Gasteiger partial charge is 0.355 e. The molecule has 0 spiro atoms. The van der Waals surface area contributed by atoms with E-state index < -0.39 is 12.0 Å². The first-order valence-corrected chi connectivity index (χ1v) is 10.6. The quantitative estimate of drug-likeness (QED) is 0.345. The summed E-state index contributed by atoms with van der Waals surface area (Å²) in [7, 11) is 0. The maximum absolute atomic E-state index is 13.3. The summed E-state index contributed by atoms with van der Waals surface area (Å²) in [4.78, 5) is 43.2. The third-order valence-corrected chi connectivity index (χ3v) is 5.64. The number of amides is 1. The molecule has 0 aliphatic heterocycles. The lowest BCUT2D eigenvalue weighted by atomic mass is 9.83. The van der Waals surface area contributed by atoms with Gasteiger partial charge < -0.3 is 19.4 Å². The molecule has 1 aromatic heterocycles. The van der Waals surface area contributed by atoms with Gasteiger partial charge in [0.05, 0.1) is 12.6 Å². The maximum Gasteiger partial charge on any atom is 0.355 e. The summed E-state index contributed by atoms with van der Waals surface area (Å²) in [6.07, 6.45) is 3.52. The molecule has 1 N–H and O–H groups in total. The maximum atomic E-state index is 13.3. The van der Waals surface area contributed by atoms with E-state index in [9.17, 15) is 14.4 Å². The average molecular weight is 407 g/mol. The van der Waals surface area contributed by atoms with Crippen molar-refractivity contribution < 1.29 is 23.9 Å². The number of aromatic nitrogens is 1. The van der Waals surface area contributed by atoms with Crippen LogP contribution in [0.2, 0.25) is 0 Å². The number of rotatable bonds is 11. The highest BCUT2D eigenvalue weighted by molar-refractivity contribution is 6.06. The minimum atomic E-state index is -0.604. The number of hydrogen-bond acceptors (Lipinski definition) is 5. The van der Waals surface area contributed by atoms with Crippen molar-refractivity contribution >= 4 is 17.7 Å². The van der Waals surface area contributed by atoms with Gasteiger partial charge in [-0.15, -0.1) is 0 Å². The Morgan fingerprint density at radius 2 is 1.86 bits per heavy atom. The molecule has 0 bridgehead atoms. The Labute approximate surface area is 173 Å². The second kappa shape index (κ2) is 10.6. The zero-order valence-electron chi connectivity index (χ0n) is 18.3. The first-order valence-electron chi connectivity index (χ1n) is 10.6. The van der Waals surface area contributed by atoms with Crippen molar-refractivity contribution in [3.8, 4) is 0 Å². The van der Waals surface area contributed by atoms with E-state index in [-0.39, 0.29) is 24.2 Å². The number of ether oxygens (including phenoxy) is 2. The molecule has 7 heteroatoms. The Kier molecular flexibility index (Phi) is 8.44. The van der Waals surface area contributed by atoms with Crippen LogP contribution in [-0.2, 0) is 14.3 Å². The third-order valence-electron chi connectivity index (χ3n) is 5.64. The van der Waals surface area contributed by atoms with Gasteiger partial charge in [0.15, 0.2) is 5.78 Å². The molecule has 7 nitrogen and oxygen atoms in total. The number of aryl methyl sites for hydroxylation is 1. The molecule has 0 aromatic carbocycles. The monoisotopic (exact) mass is 406 g/mol. The van der Waals surface area contributed by atoms with Gasteiger partial charge in [0.1, 0.15) is 5.69 Å². The van der Waals surface area contributed by atoms with E-state index in [1.54, 1.807) is 32.6 Å². The van der Waals surface area contributed by atoms with Gasteiger partial charge in [-0.25, -0.2) is 4.79 Å². The Hall–Kier alpha value is -2.15. The fourth-order valence-electron chi connectivity index (χ4n) is 3.74. The number of ketones is 1. The number of H-pyrrole nitrogens is 1. The summed E-state index contributed by atoms with van der Waals surface area (Å²) in [5, 5.41) is 0. The van der Waals surface area contributed by atoms with Crippen LogP contribution in [0.1, 0.15) is 78.6 Å².